The number of hydrogen-bond acceptors (Lipinski definition) is 8. The zero-order valence-electron chi connectivity index (χ0n) is 26.0. The van der Waals surface area contributed by atoms with Gasteiger partial charge in [0.05, 0.1) is 33.4 Å². The molecule has 47 heavy (non-hydrogen) atoms. The van der Waals surface area contributed by atoms with Crippen molar-refractivity contribution in [2.24, 2.45) is 0 Å². The summed E-state index contributed by atoms with van der Waals surface area (Å²) in [5, 5.41) is 11.8. The number of halogens is 3. The number of aromatic nitrogens is 4. The molecule has 0 aliphatic heterocycles. The summed E-state index contributed by atoms with van der Waals surface area (Å²) in [6, 6.07) is 22.2. The Kier molecular flexibility index (Phi) is 9.87. The first-order chi connectivity index (χ1) is 22.4. The van der Waals surface area contributed by atoms with Crippen LogP contribution in [0.4, 0.5) is 13.2 Å². The molecule has 0 fully saturated rings. The fourth-order valence-electron chi connectivity index (χ4n) is 5.07. The van der Waals surface area contributed by atoms with Gasteiger partial charge in [0.25, 0.3) is 0 Å². The van der Waals surface area contributed by atoms with E-state index in [0.717, 1.165) is 10.4 Å². The molecule has 0 spiro atoms. The van der Waals surface area contributed by atoms with Gasteiger partial charge in [-0.15, -0.1) is 5.10 Å². The summed E-state index contributed by atoms with van der Waals surface area (Å²) in [7, 11) is 1.15. The maximum Gasteiger partial charge on any atom is 0.417 e. The predicted molar refractivity (Wildman–Crippen MR) is 171 cm³/mol. The molecule has 0 saturated heterocycles. The van der Waals surface area contributed by atoms with Gasteiger partial charge in [-0.3, -0.25) is 0 Å². The van der Waals surface area contributed by atoms with Gasteiger partial charge < -0.3 is 14.2 Å². The van der Waals surface area contributed by atoms with Crippen molar-refractivity contribution in [3.63, 3.8) is 0 Å². The number of ether oxygens (including phenoxy) is 3. The highest BCUT2D eigenvalue weighted by Crippen LogP contribution is 2.40. The Balaban J connectivity index is 1.68. The van der Waals surface area contributed by atoms with Crippen LogP contribution >= 0.6 is 0 Å². The second-order valence-electron chi connectivity index (χ2n) is 10.6. The molecule has 4 aromatic carbocycles. The van der Waals surface area contributed by atoms with Crippen LogP contribution in [0.2, 0.25) is 0 Å². The van der Waals surface area contributed by atoms with E-state index in [1.165, 1.54) is 39.9 Å². The van der Waals surface area contributed by atoms with E-state index in [1.807, 2.05) is 0 Å². The molecule has 5 rings (SSSR count). The lowest BCUT2D eigenvalue weighted by atomic mass is 9.88. The van der Waals surface area contributed by atoms with E-state index in [-0.39, 0.29) is 36.5 Å². The molecule has 1 aromatic heterocycles. The van der Waals surface area contributed by atoms with Crippen LogP contribution in [0, 0.1) is 0 Å². The first kappa shape index (κ1) is 33.5. The summed E-state index contributed by atoms with van der Waals surface area (Å²) >= 11 is 0. The van der Waals surface area contributed by atoms with Crippen molar-refractivity contribution in [2.45, 2.75) is 30.7 Å². The van der Waals surface area contributed by atoms with Crippen molar-refractivity contribution in [3.8, 4) is 28.6 Å². The minimum Gasteiger partial charge on any atom is -0.497 e. The highest BCUT2D eigenvalue weighted by molar-refractivity contribution is 7.89. The summed E-state index contributed by atoms with van der Waals surface area (Å²) in [5.74, 6) is 1.57. The molecule has 5 aromatic rings. The number of sulfonamides is 1. The summed E-state index contributed by atoms with van der Waals surface area (Å²) in [5.41, 5.74) is 0.467. The molecule has 0 aliphatic rings. The lowest BCUT2D eigenvalue weighted by Gasteiger charge is -2.27. The van der Waals surface area contributed by atoms with Crippen molar-refractivity contribution < 1.29 is 35.8 Å². The third kappa shape index (κ3) is 7.41. The number of tetrazole rings is 1. The Morgan fingerprint density at radius 2 is 1.21 bits per heavy atom. The lowest BCUT2D eigenvalue weighted by molar-refractivity contribution is -0.139. The van der Waals surface area contributed by atoms with E-state index in [4.69, 9.17) is 14.2 Å². The Bertz CT molecular complexity index is 1890. The second kappa shape index (κ2) is 13.9. The normalized spacial score (nSPS) is 11.9. The maximum atomic E-state index is 14.8. The van der Waals surface area contributed by atoms with Gasteiger partial charge in [-0.2, -0.15) is 17.5 Å². The summed E-state index contributed by atoms with van der Waals surface area (Å²) < 4.78 is 91.7. The quantitative estimate of drug-likeness (QED) is 0.184. The van der Waals surface area contributed by atoms with Gasteiger partial charge in [-0.25, -0.2) is 13.1 Å². The number of methoxy groups -OCH3 is 3. The molecule has 0 radical (unpaired) electrons. The summed E-state index contributed by atoms with van der Waals surface area (Å²) in [4.78, 5) is -0.933. The Morgan fingerprint density at radius 3 is 1.66 bits per heavy atom. The average Bonchev–Trinajstić information content (AvgIpc) is 3.52. The van der Waals surface area contributed by atoms with Crippen LogP contribution in [0.5, 0.6) is 17.2 Å². The molecular formula is C32H31BF3N5O5S. The molecule has 244 valence electrons. The molecule has 0 amide bonds. The van der Waals surface area contributed by atoms with Gasteiger partial charge in [-0.05, 0) is 69.6 Å². The molecule has 10 nitrogen and oxygen atoms in total. The third-order valence-electron chi connectivity index (χ3n) is 7.55. The van der Waals surface area contributed by atoms with Crippen molar-refractivity contribution in [1.29, 1.82) is 0 Å². The van der Waals surface area contributed by atoms with Gasteiger partial charge in [0.15, 0.2) is 5.82 Å². The highest BCUT2D eigenvalue weighted by Gasteiger charge is 2.42. The molecule has 0 saturated carbocycles. The van der Waals surface area contributed by atoms with Crippen LogP contribution in [0.3, 0.4) is 0 Å². The molecule has 1 heterocycles. The number of alkyl halides is 3. The topological polar surface area (TPSA) is 109 Å². The van der Waals surface area contributed by atoms with Crippen LogP contribution < -0.4 is 19.7 Å². The van der Waals surface area contributed by atoms with Crippen molar-refractivity contribution >= 4 is 23.3 Å². The monoisotopic (exact) mass is 665 g/mol. The molecule has 0 N–H and O–H groups in total. The second-order valence-corrected chi connectivity index (χ2v) is 12.5. The van der Waals surface area contributed by atoms with Gasteiger partial charge in [0.1, 0.15) is 30.0 Å². The molecular weight excluding hydrogens is 634 g/mol. The van der Waals surface area contributed by atoms with Crippen molar-refractivity contribution in [1.82, 2.24) is 24.5 Å². The molecule has 0 atom stereocenters. The van der Waals surface area contributed by atoms with E-state index in [2.05, 4.69) is 15.5 Å². The summed E-state index contributed by atoms with van der Waals surface area (Å²) in [6.45, 7) is -0.414. The van der Waals surface area contributed by atoms with Gasteiger partial charge in [0, 0.05) is 18.7 Å². The number of hydrogen-bond donors (Lipinski definition) is 0. The highest BCUT2D eigenvalue weighted by atomic mass is 32.2. The van der Waals surface area contributed by atoms with E-state index in [0.29, 0.717) is 33.9 Å². The van der Waals surface area contributed by atoms with Crippen molar-refractivity contribution in [2.75, 3.05) is 21.3 Å². The summed E-state index contributed by atoms with van der Waals surface area (Å²) in [6.07, 6.45) is -5.02. The largest absolute Gasteiger partial charge is 0.497 e. The maximum absolute atomic E-state index is 14.8. The SMILES string of the molecule is Bc1ccc(C(F)(F)F)c(S(=O)(=O)N(Cc2ccc(OC)cc2)Cc2ccc(OC)cc2)c1-c1nnnn1Cc1ccc(OC)cc1. The minimum absolute atomic E-state index is 0.0584. The van der Waals surface area contributed by atoms with Crippen LogP contribution in [0.1, 0.15) is 22.3 Å². The fraction of sp³-hybridized carbons (Fsp3) is 0.219. The molecule has 0 unspecified atom stereocenters. The van der Waals surface area contributed by atoms with E-state index >= 15 is 0 Å². The smallest absolute Gasteiger partial charge is 0.417 e. The zero-order chi connectivity index (χ0) is 33.8. The lowest BCUT2D eigenvalue weighted by Crippen LogP contribution is -2.34. The third-order valence-corrected chi connectivity index (χ3v) is 9.43. The average molecular weight is 666 g/mol. The first-order valence-electron chi connectivity index (χ1n) is 14.3. The van der Waals surface area contributed by atoms with Gasteiger partial charge in [-0.1, -0.05) is 47.9 Å². The first-order valence-corrected chi connectivity index (χ1v) is 15.7. The Labute approximate surface area is 271 Å². The minimum atomic E-state index is -5.02. The Hall–Kier alpha value is -4.89. The zero-order valence-corrected chi connectivity index (χ0v) is 26.8. The van der Waals surface area contributed by atoms with Crippen molar-refractivity contribution in [3.05, 3.63) is 107 Å². The van der Waals surface area contributed by atoms with Crippen LogP contribution in [0.15, 0.2) is 89.8 Å². The fourth-order valence-corrected chi connectivity index (χ4v) is 6.94. The van der Waals surface area contributed by atoms with E-state index in [9.17, 15) is 21.6 Å². The van der Waals surface area contributed by atoms with Crippen LogP contribution in [-0.2, 0) is 35.8 Å². The molecule has 0 aliphatic carbocycles. The standard InChI is InChI=1S/C32H31BF3N5O5S/c1-44-24-10-4-21(5-11-24)18-40(19-22-6-12-25(45-2)13-7-22)47(42,43)30-27(32(34,35)36)16-17-28(33)29(30)31-37-38-39-41(31)20-23-8-14-26(46-3)15-9-23/h4-17H,18-20,33H2,1-3H3. The van der Waals surface area contributed by atoms with Gasteiger partial charge >= 0.3 is 6.18 Å². The number of rotatable bonds is 12. The van der Waals surface area contributed by atoms with Crippen LogP contribution in [-0.4, -0.2) is 62.1 Å². The number of nitrogens with zero attached hydrogens (tertiary/aromatic N) is 5. The van der Waals surface area contributed by atoms with E-state index in [1.54, 1.807) is 72.8 Å². The molecule has 0 bridgehead atoms. The van der Waals surface area contributed by atoms with Gasteiger partial charge in [0.2, 0.25) is 10.0 Å². The Morgan fingerprint density at radius 1 is 0.745 bits per heavy atom. The molecule has 15 heteroatoms. The number of benzene rings is 4. The predicted octanol–water partition coefficient (Wildman–Crippen LogP) is 4.08. The van der Waals surface area contributed by atoms with Crippen LogP contribution in [0.25, 0.3) is 11.4 Å². The van der Waals surface area contributed by atoms with E-state index < -0.39 is 26.7 Å².